The molecule has 0 radical (unpaired) electrons. The molecule has 5 heteroatoms. The van der Waals surface area contributed by atoms with Gasteiger partial charge in [-0.05, 0) is 55.5 Å². The Bertz CT molecular complexity index is 1470. The van der Waals surface area contributed by atoms with Gasteiger partial charge in [-0.25, -0.2) is 0 Å². The SMILES string of the molecule is Cc1cccc(Cn2cc(/C=C3\SC(Nc4ccccc4)N([C@H]4CCCC[C@@H]4C)C3=O)c3ccccc32)c1. The van der Waals surface area contributed by atoms with E-state index >= 15 is 0 Å². The summed E-state index contributed by atoms with van der Waals surface area (Å²) in [5.74, 6) is 0.654. The Hall–Kier alpha value is -3.44. The first-order chi connectivity index (χ1) is 18.6. The van der Waals surface area contributed by atoms with E-state index in [9.17, 15) is 4.79 Å². The lowest BCUT2D eigenvalue weighted by molar-refractivity contribution is -0.129. The number of hydrogen-bond acceptors (Lipinski definition) is 3. The standard InChI is InChI=1S/C33H35N3OS/c1-23-11-10-13-25(19-23)21-35-22-26(28-16-7-9-18-30(28)35)20-31-32(37)36(29-17-8-6-12-24(29)2)33(38-31)34-27-14-4-3-5-15-27/h3-5,7,9-11,13-16,18-20,22,24,29,33-34H,6,8,12,17,21H2,1-2H3/b31-20-/t24-,29-,33?/m0/s1. The number of hydrogen-bond donors (Lipinski definition) is 1. The average Bonchev–Trinajstić information content (AvgIpc) is 3.42. The Morgan fingerprint density at radius 2 is 1.76 bits per heavy atom. The number of fused-ring (bicyclic) bond motifs is 1. The number of aromatic nitrogens is 1. The molecule has 3 aromatic carbocycles. The van der Waals surface area contributed by atoms with Gasteiger partial charge in [0.15, 0.2) is 5.50 Å². The van der Waals surface area contributed by atoms with Crippen LogP contribution < -0.4 is 5.32 Å². The molecule has 1 aliphatic carbocycles. The fraction of sp³-hybridized carbons (Fsp3) is 0.303. The van der Waals surface area contributed by atoms with E-state index in [4.69, 9.17) is 0 Å². The van der Waals surface area contributed by atoms with Gasteiger partial charge in [-0.2, -0.15) is 0 Å². The number of anilines is 1. The number of benzene rings is 3. The van der Waals surface area contributed by atoms with Crippen molar-refractivity contribution < 1.29 is 4.79 Å². The topological polar surface area (TPSA) is 37.3 Å². The zero-order valence-corrected chi connectivity index (χ0v) is 23.0. The predicted octanol–water partition coefficient (Wildman–Crippen LogP) is 7.89. The van der Waals surface area contributed by atoms with Crippen LogP contribution in [0.25, 0.3) is 17.0 Å². The summed E-state index contributed by atoms with van der Waals surface area (Å²) in [4.78, 5) is 17.0. The van der Waals surface area contributed by atoms with Gasteiger partial charge in [0, 0.05) is 40.9 Å². The molecule has 1 saturated carbocycles. The summed E-state index contributed by atoms with van der Waals surface area (Å²) in [6, 6.07) is 27.7. The number of thioether (sulfide) groups is 1. The Kier molecular flexibility index (Phi) is 7.03. The number of aryl methyl sites for hydroxylation is 1. The van der Waals surface area contributed by atoms with Gasteiger partial charge in [0.2, 0.25) is 0 Å². The lowest BCUT2D eigenvalue weighted by Gasteiger charge is -2.39. The minimum Gasteiger partial charge on any atom is -0.356 e. The highest BCUT2D eigenvalue weighted by atomic mass is 32.2. The summed E-state index contributed by atoms with van der Waals surface area (Å²) in [5, 5.41) is 4.84. The van der Waals surface area contributed by atoms with Crippen LogP contribution in [0.3, 0.4) is 0 Å². The fourth-order valence-electron chi connectivity index (χ4n) is 6.04. The van der Waals surface area contributed by atoms with Crippen molar-refractivity contribution in [3.05, 3.63) is 107 Å². The summed E-state index contributed by atoms with van der Waals surface area (Å²) < 4.78 is 2.31. The summed E-state index contributed by atoms with van der Waals surface area (Å²) in [7, 11) is 0. The van der Waals surface area contributed by atoms with E-state index in [0.29, 0.717) is 5.92 Å². The fourth-order valence-corrected chi connectivity index (χ4v) is 7.24. The summed E-state index contributed by atoms with van der Waals surface area (Å²) in [6.07, 6.45) is 9.03. The molecule has 1 unspecified atom stereocenters. The Morgan fingerprint density at radius 3 is 2.58 bits per heavy atom. The second kappa shape index (κ2) is 10.7. The van der Waals surface area contributed by atoms with Gasteiger partial charge >= 0.3 is 0 Å². The molecule has 0 bridgehead atoms. The number of nitrogens with one attached hydrogen (secondary N) is 1. The van der Waals surface area contributed by atoms with E-state index in [0.717, 1.165) is 29.1 Å². The summed E-state index contributed by atoms with van der Waals surface area (Å²) in [6.45, 7) is 5.24. The molecule has 1 aliphatic heterocycles. The molecule has 4 nitrogen and oxygen atoms in total. The zero-order chi connectivity index (χ0) is 26.1. The number of amides is 1. The number of para-hydroxylation sites is 2. The van der Waals surface area contributed by atoms with E-state index in [1.54, 1.807) is 11.8 Å². The molecule has 2 heterocycles. The molecule has 2 aliphatic rings. The summed E-state index contributed by atoms with van der Waals surface area (Å²) >= 11 is 1.65. The number of rotatable bonds is 6. The molecule has 1 aromatic heterocycles. The normalized spacial score (nSPS) is 22.9. The van der Waals surface area contributed by atoms with Gasteiger partial charge in [-0.3, -0.25) is 4.79 Å². The van der Waals surface area contributed by atoms with Crippen molar-refractivity contribution in [3.63, 3.8) is 0 Å². The molecule has 1 saturated heterocycles. The van der Waals surface area contributed by atoms with Gasteiger partial charge in [-0.15, -0.1) is 0 Å². The third kappa shape index (κ3) is 5.00. The Morgan fingerprint density at radius 1 is 0.974 bits per heavy atom. The molecule has 6 rings (SSSR count). The smallest absolute Gasteiger partial charge is 0.262 e. The van der Waals surface area contributed by atoms with Crippen LogP contribution in [-0.2, 0) is 11.3 Å². The first-order valence-electron chi connectivity index (χ1n) is 13.7. The van der Waals surface area contributed by atoms with Gasteiger partial charge in [-0.1, -0.05) is 97.8 Å². The van der Waals surface area contributed by atoms with Crippen molar-refractivity contribution in [2.45, 2.75) is 57.6 Å². The van der Waals surface area contributed by atoms with Gasteiger partial charge < -0.3 is 14.8 Å². The molecule has 1 amide bonds. The lowest BCUT2D eigenvalue weighted by atomic mass is 9.85. The van der Waals surface area contributed by atoms with Crippen molar-refractivity contribution >= 4 is 40.3 Å². The van der Waals surface area contributed by atoms with Crippen LogP contribution in [-0.4, -0.2) is 26.9 Å². The molecule has 194 valence electrons. The lowest BCUT2D eigenvalue weighted by Crippen LogP contribution is -2.48. The van der Waals surface area contributed by atoms with Crippen molar-refractivity contribution in [2.24, 2.45) is 5.92 Å². The van der Waals surface area contributed by atoms with Crippen molar-refractivity contribution in [1.82, 2.24) is 9.47 Å². The van der Waals surface area contributed by atoms with Crippen LogP contribution >= 0.6 is 11.8 Å². The molecule has 38 heavy (non-hydrogen) atoms. The van der Waals surface area contributed by atoms with Crippen LogP contribution in [0.5, 0.6) is 0 Å². The third-order valence-electron chi connectivity index (χ3n) is 7.97. The first-order valence-corrected chi connectivity index (χ1v) is 14.6. The monoisotopic (exact) mass is 521 g/mol. The maximum absolute atomic E-state index is 14.0. The first kappa shape index (κ1) is 24.9. The van der Waals surface area contributed by atoms with Crippen LogP contribution in [0.1, 0.15) is 49.3 Å². The highest BCUT2D eigenvalue weighted by Gasteiger charge is 2.43. The quantitative estimate of drug-likeness (QED) is 0.262. The highest BCUT2D eigenvalue weighted by Crippen LogP contribution is 2.42. The number of carbonyl (C=O) groups is 1. The maximum atomic E-state index is 14.0. The molecule has 0 spiro atoms. The Balaban J connectivity index is 1.36. The van der Waals surface area contributed by atoms with Crippen molar-refractivity contribution in [2.75, 3.05) is 5.32 Å². The third-order valence-corrected chi connectivity index (χ3v) is 9.08. The van der Waals surface area contributed by atoms with Gasteiger partial charge in [0.05, 0.1) is 4.91 Å². The predicted molar refractivity (Wildman–Crippen MR) is 160 cm³/mol. The second-order valence-corrected chi connectivity index (χ2v) is 11.9. The van der Waals surface area contributed by atoms with Crippen molar-refractivity contribution in [1.29, 1.82) is 0 Å². The largest absolute Gasteiger partial charge is 0.356 e. The number of nitrogens with zero attached hydrogens (tertiary/aromatic N) is 2. The minimum absolute atomic E-state index is 0.109. The van der Waals surface area contributed by atoms with E-state index in [1.807, 2.05) is 18.2 Å². The molecule has 4 aromatic rings. The van der Waals surface area contributed by atoms with E-state index < -0.39 is 0 Å². The second-order valence-electron chi connectivity index (χ2n) is 10.7. The van der Waals surface area contributed by atoms with Crippen LogP contribution in [0.2, 0.25) is 0 Å². The summed E-state index contributed by atoms with van der Waals surface area (Å²) in [5.41, 5.74) is 5.77. The van der Waals surface area contributed by atoms with Crippen molar-refractivity contribution in [3.8, 4) is 0 Å². The molecule has 2 fully saturated rings. The van der Waals surface area contributed by atoms with E-state index in [2.05, 4.69) is 102 Å². The average molecular weight is 522 g/mol. The molecule has 1 N–H and O–H groups in total. The minimum atomic E-state index is -0.109. The molecule has 3 atom stereocenters. The van der Waals surface area contributed by atoms with E-state index in [1.165, 1.54) is 41.3 Å². The van der Waals surface area contributed by atoms with Gasteiger partial charge in [0.1, 0.15) is 0 Å². The maximum Gasteiger partial charge on any atom is 0.262 e. The molecular formula is C33H35N3OS. The highest BCUT2D eigenvalue weighted by molar-refractivity contribution is 8.05. The molecular weight excluding hydrogens is 486 g/mol. The number of carbonyl (C=O) groups excluding carboxylic acids is 1. The van der Waals surface area contributed by atoms with Crippen LogP contribution in [0, 0.1) is 12.8 Å². The Labute approximate surface area is 229 Å². The van der Waals surface area contributed by atoms with Gasteiger partial charge in [0.25, 0.3) is 5.91 Å². The van der Waals surface area contributed by atoms with E-state index in [-0.39, 0.29) is 17.4 Å². The van der Waals surface area contributed by atoms with Crippen LogP contribution in [0.4, 0.5) is 5.69 Å². The zero-order valence-electron chi connectivity index (χ0n) is 22.1. The van der Waals surface area contributed by atoms with Crippen LogP contribution in [0.15, 0.2) is 90.0 Å².